The zero-order valence-electron chi connectivity index (χ0n) is 13.4. The van der Waals surface area contributed by atoms with Gasteiger partial charge < -0.3 is 10.1 Å². The molecule has 1 amide bonds. The zero-order chi connectivity index (χ0) is 17.7. The maximum Gasteiger partial charge on any atom is 0.254 e. The predicted molar refractivity (Wildman–Crippen MR) is 90.4 cm³/mol. The summed E-state index contributed by atoms with van der Waals surface area (Å²) < 4.78 is 41.3. The summed E-state index contributed by atoms with van der Waals surface area (Å²) in [7, 11) is -1.62. The van der Waals surface area contributed by atoms with Crippen LogP contribution < -0.4 is 10.1 Å². The Morgan fingerprint density at radius 3 is 2.29 bits per heavy atom. The van der Waals surface area contributed by atoms with E-state index in [0.717, 1.165) is 11.8 Å². The molecule has 7 heteroatoms. The first-order valence-electron chi connectivity index (χ1n) is 7.20. The molecule has 0 heterocycles. The lowest BCUT2D eigenvalue weighted by atomic mass is 10.0. The Bertz CT molecular complexity index is 832. The van der Waals surface area contributed by atoms with E-state index in [2.05, 4.69) is 5.32 Å². The average Bonchev–Trinajstić information content (AvgIpc) is 2.53. The average molecular weight is 351 g/mol. The second-order valence-electron chi connectivity index (χ2n) is 5.31. The highest BCUT2D eigenvalue weighted by Crippen LogP contribution is 2.24. The van der Waals surface area contributed by atoms with Gasteiger partial charge in [-0.3, -0.25) is 4.79 Å². The van der Waals surface area contributed by atoms with Crippen LogP contribution in [0.4, 0.5) is 4.39 Å². The van der Waals surface area contributed by atoms with E-state index < -0.39 is 21.6 Å². The van der Waals surface area contributed by atoms with Crippen molar-refractivity contribution in [2.45, 2.75) is 0 Å². The Labute approximate surface area is 140 Å². The smallest absolute Gasteiger partial charge is 0.254 e. The van der Waals surface area contributed by atoms with Crippen molar-refractivity contribution in [3.05, 3.63) is 53.8 Å². The van der Waals surface area contributed by atoms with Crippen molar-refractivity contribution in [3.63, 3.8) is 0 Å². The molecule has 0 atom stereocenters. The summed E-state index contributed by atoms with van der Waals surface area (Å²) in [6, 6.07) is 11.4. The highest BCUT2D eigenvalue weighted by atomic mass is 32.2. The van der Waals surface area contributed by atoms with Crippen LogP contribution in [-0.4, -0.2) is 40.0 Å². The number of halogens is 1. The Morgan fingerprint density at radius 2 is 1.75 bits per heavy atom. The topological polar surface area (TPSA) is 72.5 Å². The van der Waals surface area contributed by atoms with Crippen molar-refractivity contribution in [1.82, 2.24) is 5.32 Å². The standard InChI is InChI=1S/C17H18FNO4S/c1-23-14-6-3-12(4-7-14)13-5-8-15(16(18)11-13)17(20)19-9-10-24(2,21)22/h3-8,11H,9-10H2,1-2H3,(H,19,20). The predicted octanol–water partition coefficient (Wildman–Crippen LogP) is 2.28. The number of carbonyl (C=O) groups is 1. The zero-order valence-corrected chi connectivity index (χ0v) is 14.2. The summed E-state index contributed by atoms with van der Waals surface area (Å²) in [5, 5.41) is 2.40. The quantitative estimate of drug-likeness (QED) is 0.867. The molecule has 0 spiro atoms. The molecule has 0 aromatic heterocycles. The van der Waals surface area contributed by atoms with Crippen molar-refractivity contribution in [3.8, 4) is 16.9 Å². The number of methoxy groups -OCH3 is 1. The van der Waals surface area contributed by atoms with E-state index in [0.29, 0.717) is 11.3 Å². The lowest BCUT2D eigenvalue weighted by Gasteiger charge is -2.08. The van der Waals surface area contributed by atoms with Gasteiger partial charge >= 0.3 is 0 Å². The van der Waals surface area contributed by atoms with E-state index in [1.807, 2.05) is 0 Å². The number of amides is 1. The molecule has 0 aliphatic rings. The Morgan fingerprint density at radius 1 is 1.12 bits per heavy atom. The van der Waals surface area contributed by atoms with Gasteiger partial charge in [0.1, 0.15) is 21.4 Å². The molecule has 24 heavy (non-hydrogen) atoms. The van der Waals surface area contributed by atoms with Crippen molar-refractivity contribution >= 4 is 15.7 Å². The van der Waals surface area contributed by atoms with E-state index in [-0.39, 0.29) is 17.9 Å². The second kappa shape index (κ2) is 7.44. The molecule has 0 bridgehead atoms. The largest absolute Gasteiger partial charge is 0.497 e. The summed E-state index contributed by atoms with van der Waals surface area (Å²) in [6.45, 7) is -0.0582. The molecule has 0 aliphatic carbocycles. The fourth-order valence-electron chi connectivity index (χ4n) is 2.11. The van der Waals surface area contributed by atoms with E-state index in [1.54, 1.807) is 37.4 Å². The fourth-order valence-corrected chi connectivity index (χ4v) is 2.58. The molecule has 2 rings (SSSR count). The summed E-state index contributed by atoms with van der Waals surface area (Å²) >= 11 is 0. The Kier molecular flexibility index (Phi) is 5.56. The first-order valence-corrected chi connectivity index (χ1v) is 9.26. The third-order valence-electron chi connectivity index (χ3n) is 3.40. The molecular formula is C17H18FNO4S. The third kappa shape index (κ3) is 4.79. The van der Waals surface area contributed by atoms with Gasteiger partial charge in [-0.2, -0.15) is 0 Å². The molecule has 5 nitrogen and oxygen atoms in total. The van der Waals surface area contributed by atoms with Crippen LogP contribution in [0, 0.1) is 5.82 Å². The van der Waals surface area contributed by atoms with Gasteiger partial charge in [-0.05, 0) is 35.4 Å². The van der Waals surface area contributed by atoms with E-state index in [1.165, 1.54) is 12.1 Å². The van der Waals surface area contributed by atoms with Crippen LogP contribution in [0.25, 0.3) is 11.1 Å². The fraction of sp³-hybridized carbons (Fsp3) is 0.235. The maximum absolute atomic E-state index is 14.2. The third-order valence-corrected chi connectivity index (χ3v) is 4.34. The molecule has 0 saturated heterocycles. The van der Waals surface area contributed by atoms with Crippen LogP contribution in [0.5, 0.6) is 5.75 Å². The highest BCUT2D eigenvalue weighted by molar-refractivity contribution is 7.90. The number of ether oxygens (including phenoxy) is 1. The number of carbonyl (C=O) groups excluding carboxylic acids is 1. The van der Waals surface area contributed by atoms with Gasteiger partial charge in [-0.15, -0.1) is 0 Å². The minimum Gasteiger partial charge on any atom is -0.497 e. The minimum absolute atomic E-state index is 0.0582. The van der Waals surface area contributed by atoms with Crippen LogP contribution >= 0.6 is 0 Å². The molecule has 128 valence electrons. The van der Waals surface area contributed by atoms with Crippen molar-refractivity contribution in [2.75, 3.05) is 25.7 Å². The van der Waals surface area contributed by atoms with E-state index in [4.69, 9.17) is 4.74 Å². The van der Waals surface area contributed by atoms with Gasteiger partial charge in [0.05, 0.1) is 18.4 Å². The molecule has 0 radical (unpaired) electrons. The Balaban J connectivity index is 2.12. The first-order chi connectivity index (χ1) is 11.3. The minimum atomic E-state index is -3.18. The molecule has 2 aromatic carbocycles. The normalized spacial score (nSPS) is 11.1. The van der Waals surface area contributed by atoms with Crippen LogP contribution in [0.3, 0.4) is 0 Å². The highest BCUT2D eigenvalue weighted by Gasteiger charge is 2.13. The van der Waals surface area contributed by atoms with Gasteiger partial charge in [-0.25, -0.2) is 12.8 Å². The molecule has 0 saturated carbocycles. The van der Waals surface area contributed by atoms with Gasteiger partial charge in [0.2, 0.25) is 0 Å². The second-order valence-corrected chi connectivity index (χ2v) is 7.57. The van der Waals surface area contributed by atoms with Crippen LogP contribution in [0.2, 0.25) is 0 Å². The molecule has 0 aliphatic heterocycles. The summed E-state index contributed by atoms with van der Waals surface area (Å²) in [4.78, 5) is 11.9. The van der Waals surface area contributed by atoms with Crippen LogP contribution in [0.1, 0.15) is 10.4 Å². The molecule has 0 fully saturated rings. The number of rotatable bonds is 6. The number of sulfone groups is 1. The lowest BCUT2D eigenvalue weighted by Crippen LogP contribution is -2.29. The summed E-state index contributed by atoms with van der Waals surface area (Å²) in [5.74, 6) is -0.803. The van der Waals surface area contributed by atoms with Gasteiger partial charge in [0.15, 0.2) is 0 Å². The monoisotopic (exact) mass is 351 g/mol. The van der Waals surface area contributed by atoms with Crippen molar-refractivity contribution < 1.29 is 22.3 Å². The number of hydrogen-bond donors (Lipinski definition) is 1. The maximum atomic E-state index is 14.2. The molecule has 2 aromatic rings. The van der Waals surface area contributed by atoms with Crippen LogP contribution in [-0.2, 0) is 9.84 Å². The van der Waals surface area contributed by atoms with Crippen LogP contribution in [0.15, 0.2) is 42.5 Å². The SMILES string of the molecule is COc1ccc(-c2ccc(C(=O)NCCS(C)(=O)=O)c(F)c2)cc1. The van der Waals surface area contributed by atoms with Gasteiger partial charge in [-0.1, -0.05) is 18.2 Å². The lowest BCUT2D eigenvalue weighted by molar-refractivity contribution is 0.0952. The summed E-state index contributed by atoms with van der Waals surface area (Å²) in [6.07, 6.45) is 1.07. The summed E-state index contributed by atoms with van der Waals surface area (Å²) in [5.41, 5.74) is 1.29. The molecule has 0 unspecified atom stereocenters. The van der Waals surface area contributed by atoms with Crippen molar-refractivity contribution in [1.29, 1.82) is 0 Å². The molecule has 1 N–H and O–H groups in total. The number of hydrogen-bond acceptors (Lipinski definition) is 4. The Hall–Kier alpha value is -2.41. The first kappa shape index (κ1) is 17.9. The van der Waals surface area contributed by atoms with E-state index >= 15 is 0 Å². The number of nitrogens with one attached hydrogen (secondary N) is 1. The van der Waals surface area contributed by atoms with Crippen molar-refractivity contribution in [2.24, 2.45) is 0 Å². The number of benzene rings is 2. The van der Waals surface area contributed by atoms with Gasteiger partial charge in [0.25, 0.3) is 5.91 Å². The van der Waals surface area contributed by atoms with E-state index in [9.17, 15) is 17.6 Å². The van der Waals surface area contributed by atoms with Gasteiger partial charge in [0, 0.05) is 12.8 Å². The molecular weight excluding hydrogens is 333 g/mol.